The normalized spacial score (nSPS) is 16.6. The molecule has 0 spiro atoms. The molecule has 1 heterocycles. The number of ketones is 1. The van der Waals surface area contributed by atoms with E-state index in [2.05, 4.69) is 10.6 Å². The van der Waals surface area contributed by atoms with Crippen LogP contribution in [-0.2, 0) is 16.6 Å². The maximum Gasteiger partial charge on any atom is 0.418 e. The number of halogens is 3. The molecule has 156 valence electrons. The maximum absolute atomic E-state index is 13.9. The summed E-state index contributed by atoms with van der Waals surface area (Å²) in [7, 11) is 0. The molecular weight excluding hydrogens is 381 g/mol. The number of aliphatic hydroxyl groups is 1. The number of hydrogen-bond acceptors (Lipinski definition) is 4. The van der Waals surface area contributed by atoms with E-state index in [0.29, 0.717) is 11.3 Å². The third kappa shape index (κ3) is 4.56. The molecule has 0 saturated heterocycles. The van der Waals surface area contributed by atoms with Gasteiger partial charge in [0.25, 0.3) is 0 Å². The van der Waals surface area contributed by atoms with Crippen LogP contribution in [0.5, 0.6) is 0 Å². The van der Waals surface area contributed by atoms with Crippen molar-refractivity contribution in [1.29, 1.82) is 0 Å². The van der Waals surface area contributed by atoms with Crippen LogP contribution in [0.2, 0.25) is 0 Å². The number of hydrogen-bond donors (Lipinski definition) is 3. The van der Waals surface area contributed by atoms with Crippen molar-refractivity contribution in [2.45, 2.75) is 43.9 Å². The van der Waals surface area contributed by atoms with E-state index in [-0.39, 0.29) is 18.7 Å². The van der Waals surface area contributed by atoms with Gasteiger partial charge in [0.15, 0.2) is 11.4 Å². The van der Waals surface area contributed by atoms with Gasteiger partial charge in [0.1, 0.15) is 0 Å². The van der Waals surface area contributed by atoms with E-state index >= 15 is 0 Å². The fraction of sp³-hybridized carbons (Fsp3) is 0.409. The van der Waals surface area contributed by atoms with E-state index in [0.717, 1.165) is 11.3 Å². The first kappa shape index (κ1) is 21.2. The molecule has 1 aliphatic heterocycles. The Morgan fingerprint density at radius 1 is 1.07 bits per heavy atom. The molecule has 0 aliphatic carbocycles. The molecule has 29 heavy (non-hydrogen) atoms. The average molecular weight is 406 g/mol. The Bertz CT molecular complexity index is 881. The van der Waals surface area contributed by atoms with E-state index in [1.807, 2.05) is 0 Å². The molecule has 1 unspecified atom stereocenters. The topological polar surface area (TPSA) is 61.4 Å². The number of fused-ring (bicyclic) bond motifs is 1. The van der Waals surface area contributed by atoms with Gasteiger partial charge in [-0.3, -0.25) is 4.79 Å². The van der Waals surface area contributed by atoms with E-state index in [9.17, 15) is 23.1 Å². The Balaban J connectivity index is 1.85. The molecule has 4 nitrogen and oxygen atoms in total. The lowest BCUT2D eigenvalue weighted by Crippen LogP contribution is -2.53. The number of carbonyl (C=O) groups is 1. The number of rotatable bonds is 6. The van der Waals surface area contributed by atoms with Gasteiger partial charge in [-0.2, -0.15) is 13.2 Å². The highest BCUT2D eigenvalue weighted by molar-refractivity contribution is 5.91. The second-order valence-electron chi connectivity index (χ2n) is 8.21. The van der Waals surface area contributed by atoms with Gasteiger partial charge in [0.05, 0.1) is 13.1 Å². The molecule has 3 rings (SSSR count). The Morgan fingerprint density at radius 3 is 2.41 bits per heavy atom. The van der Waals surface area contributed by atoms with Crippen molar-refractivity contribution in [1.82, 2.24) is 0 Å². The second kappa shape index (κ2) is 7.71. The molecule has 2 aromatic carbocycles. The van der Waals surface area contributed by atoms with E-state index < -0.39 is 30.2 Å². The van der Waals surface area contributed by atoms with Crippen molar-refractivity contribution in [3.05, 3.63) is 59.7 Å². The van der Waals surface area contributed by atoms with E-state index in [1.165, 1.54) is 0 Å². The first-order valence-electron chi connectivity index (χ1n) is 9.48. The van der Waals surface area contributed by atoms with Gasteiger partial charge in [-0.15, -0.1) is 0 Å². The summed E-state index contributed by atoms with van der Waals surface area (Å²) < 4.78 is 41.7. The summed E-state index contributed by atoms with van der Waals surface area (Å²) in [5.41, 5.74) is -1.37. The van der Waals surface area contributed by atoms with Gasteiger partial charge in [-0.25, -0.2) is 0 Å². The van der Waals surface area contributed by atoms with Crippen LogP contribution >= 0.6 is 0 Å². The predicted molar refractivity (Wildman–Crippen MR) is 107 cm³/mol. The lowest BCUT2D eigenvalue weighted by atomic mass is 9.75. The number of nitrogens with one attached hydrogen (secondary N) is 2. The largest absolute Gasteiger partial charge is 0.418 e. The quantitative estimate of drug-likeness (QED) is 0.670. The van der Waals surface area contributed by atoms with Crippen LogP contribution in [0.4, 0.5) is 24.5 Å². The van der Waals surface area contributed by atoms with Crippen molar-refractivity contribution in [3.63, 3.8) is 0 Å². The van der Waals surface area contributed by atoms with Crippen LogP contribution in [0.25, 0.3) is 0 Å². The zero-order chi connectivity index (χ0) is 21.3. The molecular formula is C22H25F3N2O2. The maximum atomic E-state index is 13.9. The minimum absolute atomic E-state index is 0.0388. The average Bonchev–Trinajstić information content (AvgIpc) is 2.66. The van der Waals surface area contributed by atoms with Crippen LogP contribution in [0.15, 0.2) is 48.5 Å². The summed E-state index contributed by atoms with van der Waals surface area (Å²) in [4.78, 5) is 11.8. The van der Waals surface area contributed by atoms with Gasteiger partial charge in [-0.05, 0) is 29.5 Å². The standard InChI is InChI=1S/C22H25F3N2O2/c1-20(2,15-7-4-3-5-8-15)13-21(29,22(23,24)25)14-27-19-10-6-9-18-17(19)11-16(28)12-26-18/h3-10,26-27,29H,11-14H2,1-2H3. The summed E-state index contributed by atoms with van der Waals surface area (Å²) in [6.07, 6.45) is -5.19. The summed E-state index contributed by atoms with van der Waals surface area (Å²) in [6, 6.07) is 13.9. The highest BCUT2D eigenvalue weighted by Gasteiger charge is 2.55. The van der Waals surface area contributed by atoms with Crippen molar-refractivity contribution in [2.24, 2.45) is 0 Å². The Kier molecular flexibility index (Phi) is 5.63. The fourth-order valence-electron chi connectivity index (χ4n) is 3.79. The third-order valence-electron chi connectivity index (χ3n) is 5.41. The number of benzene rings is 2. The highest BCUT2D eigenvalue weighted by atomic mass is 19.4. The summed E-state index contributed by atoms with van der Waals surface area (Å²) >= 11 is 0. The van der Waals surface area contributed by atoms with Crippen LogP contribution < -0.4 is 10.6 Å². The SMILES string of the molecule is CC(C)(CC(O)(CNc1cccc2c1CC(=O)CN2)C(F)(F)F)c1ccccc1. The molecule has 0 saturated carbocycles. The van der Waals surface area contributed by atoms with Crippen LogP contribution in [0, 0.1) is 0 Å². The smallest absolute Gasteiger partial charge is 0.381 e. The molecule has 3 N–H and O–H groups in total. The van der Waals surface area contributed by atoms with Crippen molar-refractivity contribution in [2.75, 3.05) is 23.7 Å². The van der Waals surface area contributed by atoms with Crippen molar-refractivity contribution < 1.29 is 23.1 Å². The van der Waals surface area contributed by atoms with Gasteiger partial charge in [0, 0.05) is 23.4 Å². The first-order valence-corrected chi connectivity index (χ1v) is 9.48. The number of alkyl halides is 3. The van der Waals surface area contributed by atoms with E-state index in [1.54, 1.807) is 62.4 Å². The summed E-state index contributed by atoms with van der Waals surface area (Å²) in [5.74, 6) is -0.0388. The molecule has 1 atom stereocenters. The molecule has 0 bridgehead atoms. The minimum atomic E-state index is -4.82. The molecule has 1 aliphatic rings. The third-order valence-corrected chi connectivity index (χ3v) is 5.41. The van der Waals surface area contributed by atoms with Crippen LogP contribution in [0.1, 0.15) is 31.4 Å². The highest BCUT2D eigenvalue weighted by Crippen LogP contribution is 2.41. The fourth-order valence-corrected chi connectivity index (χ4v) is 3.79. The van der Waals surface area contributed by atoms with Gasteiger partial charge >= 0.3 is 6.18 Å². The Morgan fingerprint density at radius 2 is 1.76 bits per heavy atom. The lowest BCUT2D eigenvalue weighted by molar-refractivity contribution is -0.260. The summed E-state index contributed by atoms with van der Waals surface area (Å²) in [5, 5.41) is 16.4. The number of anilines is 2. The molecule has 2 aromatic rings. The van der Waals surface area contributed by atoms with Crippen LogP contribution in [0.3, 0.4) is 0 Å². The molecule has 7 heteroatoms. The zero-order valence-electron chi connectivity index (χ0n) is 16.4. The number of carbonyl (C=O) groups excluding carboxylic acids is 1. The van der Waals surface area contributed by atoms with Gasteiger partial charge in [0.2, 0.25) is 0 Å². The second-order valence-corrected chi connectivity index (χ2v) is 8.21. The molecule has 0 radical (unpaired) electrons. The van der Waals surface area contributed by atoms with Gasteiger partial charge < -0.3 is 15.7 Å². The lowest BCUT2D eigenvalue weighted by Gasteiger charge is -2.38. The Labute approximate surface area is 168 Å². The number of Topliss-reactive ketones (excluding diaryl/α,β-unsaturated/α-hetero) is 1. The molecule has 0 aromatic heterocycles. The predicted octanol–water partition coefficient (Wildman–Crippen LogP) is 4.30. The molecule has 0 amide bonds. The van der Waals surface area contributed by atoms with Crippen molar-refractivity contribution in [3.8, 4) is 0 Å². The molecule has 0 fully saturated rings. The van der Waals surface area contributed by atoms with E-state index in [4.69, 9.17) is 0 Å². The first-order chi connectivity index (χ1) is 13.5. The van der Waals surface area contributed by atoms with Crippen molar-refractivity contribution >= 4 is 17.2 Å². The Hall–Kier alpha value is -2.54. The monoisotopic (exact) mass is 406 g/mol. The van der Waals surface area contributed by atoms with Gasteiger partial charge in [-0.1, -0.05) is 50.2 Å². The minimum Gasteiger partial charge on any atom is -0.381 e. The summed E-state index contributed by atoms with van der Waals surface area (Å²) in [6.45, 7) is 2.86. The van der Waals surface area contributed by atoms with Crippen LogP contribution in [-0.4, -0.2) is 35.8 Å². The zero-order valence-corrected chi connectivity index (χ0v) is 16.4.